The summed E-state index contributed by atoms with van der Waals surface area (Å²) >= 11 is 6.12. The number of hydrogen-bond acceptors (Lipinski definition) is 5. The highest BCUT2D eigenvalue weighted by Crippen LogP contribution is 2.34. The van der Waals surface area contributed by atoms with Gasteiger partial charge in [0.25, 0.3) is 0 Å². The minimum Gasteiger partial charge on any atom is -0.443 e. The van der Waals surface area contributed by atoms with Gasteiger partial charge in [-0.15, -0.1) is 0 Å². The molecule has 0 unspecified atom stereocenters. The largest absolute Gasteiger partial charge is 0.443 e. The lowest BCUT2D eigenvalue weighted by Gasteiger charge is -2.27. The van der Waals surface area contributed by atoms with Gasteiger partial charge < -0.3 is 4.74 Å². The molecule has 2 aromatic rings. The third-order valence-electron chi connectivity index (χ3n) is 3.63. The number of hydrogen-bond donors (Lipinski definition) is 0. The first-order valence-electron chi connectivity index (χ1n) is 7.74. The first-order valence-corrected chi connectivity index (χ1v) is 8.12. The molecule has 1 saturated carbocycles. The quantitative estimate of drug-likeness (QED) is 0.626. The van der Waals surface area contributed by atoms with E-state index in [1.165, 1.54) is 4.52 Å². The number of halogens is 1. The molecule has 0 aromatic carbocycles. The molecule has 24 heavy (non-hydrogen) atoms. The number of aldehydes is 1. The van der Waals surface area contributed by atoms with E-state index in [0.29, 0.717) is 29.0 Å². The Bertz CT molecular complexity index is 821. The van der Waals surface area contributed by atoms with Gasteiger partial charge in [0.15, 0.2) is 11.9 Å². The van der Waals surface area contributed by atoms with Crippen molar-refractivity contribution in [3.05, 3.63) is 22.5 Å². The maximum Gasteiger partial charge on any atom is 0.416 e. The number of anilines is 1. The van der Waals surface area contributed by atoms with E-state index in [2.05, 4.69) is 10.1 Å². The molecule has 0 atom stereocenters. The molecule has 128 valence electrons. The molecule has 0 aliphatic heterocycles. The number of ether oxygens (including phenoxy) is 1. The second kappa shape index (κ2) is 5.73. The van der Waals surface area contributed by atoms with Crippen LogP contribution >= 0.6 is 11.6 Å². The molecule has 1 aliphatic rings. The Kier molecular flexibility index (Phi) is 3.99. The average Bonchev–Trinajstić information content (AvgIpc) is 3.20. The van der Waals surface area contributed by atoms with E-state index in [1.807, 2.05) is 20.8 Å². The number of amides is 1. The van der Waals surface area contributed by atoms with Crippen molar-refractivity contribution in [3.8, 4) is 0 Å². The molecule has 1 fully saturated rings. The summed E-state index contributed by atoms with van der Waals surface area (Å²) in [5.74, 6) is 0.456. The molecule has 0 spiro atoms. The summed E-state index contributed by atoms with van der Waals surface area (Å²) in [5, 5.41) is 4.54. The molecular weight excluding hydrogens is 332 g/mol. The maximum absolute atomic E-state index is 12.7. The van der Waals surface area contributed by atoms with Gasteiger partial charge in [-0.3, -0.25) is 9.69 Å². The van der Waals surface area contributed by atoms with Crippen LogP contribution in [0.3, 0.4) is 0 Å². The van der Waals surface area contributed by atoms with Crippen LogP contribution in [-0.2, 0) is 4.74 Å². The minimum absolute atomic E-state index is 0.0331. The van der Waals surface area contributed by atoms with Crippen LogP contribution in [0.1, 0.15) is 49.7 Å². The van der Waals surface area contributed by atoms with Gasteiger partial charge in [-0.05, 0) is 40.5 Å². The number of nitrogens with zero attached hydrogens (tertiary/aromatic N) is 4. The van der Waals surface area contributed by atoms with Crippen molar-refractivity contribution >= 4 is 35.4 Å². The molecule has 2 heterocycles. The van der Waals surface area contributed by atoms with E-state index >= 15 is 0 Å². The highest BCUT2D eigenvalue weighted by Gasteiger charge is 2.38. The summed E-state index contributed by atoms with van der Waals surface area (Å²) < 4.78 is 7.00. The number of carbonyl (C=O) groups excluding carboxylic acids is 2. The average molecular weight is 351 g/mol. The van der Waals surface area contributed by atoms with E-state index in [4.69, 9.17) is 16.3 Å². The monoisotopic (exact) mass is 350 g/mol. The first-order chi connectivity index (χ1) is 11.2. The van der Waals surface area contributed by atoms with E-state index in [9.17, 15) is 9.59 Å². The molecular formula is C16H19ClN4O3. The second-order valence-electron chi connectivity index (χ2n) is 6.87. The molecule has 2 aromatic heterocycles. The van der Waals surface area contributed by atoms with Gasteiger partial charge >= 0.3 is 6.09 Å². The van der Waals surface area contributed by atoms with E-state index < -0.39 is 11.7 Å². The van der Waals surface area contributed by atoms with Crippen molar-refractivity contribution in [1.29, 1.82) is 0 Å². The van der Waals surface area contributed by atoms with Crippen molar-refractivity contribution in [1.82, 2.24) is 14.6 Å². The predicted octanol–water partition coefficient (Wildman–Crippen LogP) is 3.41. The van der Waals surface area contributed by atoms with Crippen LogP contribution < -0.4 is 4.90 Å². The molecule has 0 saturated heterocycles. The van der Waals surface area contributed by atoms with Crippen LogP contribution in [0.25, 0.3) is 5.65 Å². The lowest BCUT2D eigenvalue weighted by molar-refractivity contribution is 0.0576. The number of rotatable bonds is 3. The van der Waals surface area contributed by atoms with Crippen LogP contribution in [0.4, 0.5) is 10.6 Å². The van der Waals surface area contributed by atoms with Gasteiger partial charge in [-0.2, -0.15) is 9.61 Å². The highest BCUT2D eigenvalue weighted by atomic mass is 35.5. The SMILES string of the molecule is Cc1nn2c(N(C(=O)OC(C)(C)C)C3CC3)cc(Cl)nc2c1C=O. The van der Waals surface area contributed by atoms with Crippen LogP contribution in [0, 0.1) is 6.92 Å². The normalized spacial score (nSPS) is 14.7. The van der Waals surface area contributed by atoms with Crippen LogP contribution in [-0.4, -0.2) is 38.6 Å². The fraction of sp³-hybridized carbons (Fsp3) is 0.500. The Morgan fingerprint density at radius 2 is 2.12 bits per heavy atom. The molecule has 0 N–H and O–H groups in total. The zero-order valence-corrected chi connectivity index (χ0v) is 14.8. The van der Waals surface area contributed by atoms with Crippen molar-refractivity contribution in [3.63, 3.8) is 0 Å². The Morgan fingerprint density at radius 1 is 1.46 bits per heavy atom. The summed E-state index contributed by atoms with van der Waals surface area (Å²) in [5.41, 5.74) is 0.604. The summed E-state index contributed by atoms with van der Waals surface area (Å²) in [7, 11) is 0. The third kappa shape index (κ3) is 3.08. The smallest absolute Gasteiger partial charge is 0.416 e. The van der Waals surface area contributed by atoms with Crippen LogP contribution in [0.15, 0.2) is 6.07 Å². The molecule has 1 amide bonds. The summed E-state index contributed by atoms with van der Waals surface area (Å²) in [4.78, 5) is 29.7. The second-order valence-corrected chi connectivity index (χ2v) is 7.26. The summed E-state index contributed by atoms with van der Waals surface area (Å²) in [6, 6.07) is 1.60. The number of aryl methyl sites for hydroxylation is 1. The summed E-state index contributed by atoms with van der Waals surface area (Å²) in [6.45, 7) is 7.15. The Labute approximate surface area is 144 Å². The van der Waals surface area contributed by atoms with Gasteiger partial charge in [0, 0.05) is 12.1 Å². The first kappa shape index (κ1) is 16.7. The standard InChI is InChI=1S/C16H19ClN4O3/c1-9-11(8-22)14-18-12(17)7-13(21(14)19-9)20(10-5-6-10)15(23)24-16(2,3)4/h7-8,10H,5-6H2,1-4H3. The minimum atomic E-state index is -0.617. The molecule has 1 aliphatic carbocycles. The summed E-state index contributed by atoms with van der Waals surface area (Å²) in [6.07, 6.45) is 1.98. The lowest BCUT2D eigenvalue weighted by Crippen LogP contribution is -2.39. The van der Waals surface area contributed by atoms with E-state index in [-0.39, 0.29) is 11.2 Å². The van der Waals surface area contributed by atoms with Crippen molar-refractivity contribution < 1.29 is 14.3 Å². The Balaban J connectivity index is 2.15. The topological polar surface area (TPSA) is 76.8 Å². The number of carbonyl (C=O) groups is 2. The van der Waals surface area contributed by atoms with Crippen LogP contribution in [0.2, 0.25) is 5.15 Å². The van der Waals surface area contributed by atoms with E-state index in [0.717, 1.165) is 12.8 Å². The molecule has 3 rings (SSSR count). The zero-order valence-electron chi connectivity index (χ0n) is 14.0. The highest BCUT2D eigenvalue weighted by molar-refractivity contribution is 6.30. The van der Waals surface area contributed by atoms with Gasteiger partial charge in [-0.1, -0.05) is 11.6 Å². The third-order valence-corrected chi connectivity index (χ3v) is 3.82. The van der Waals surface area contributed by atoms with Gasteiger partial charge in [0.1, 0.15) is 16.6 Å². The van der Waals surface area contributed by atoms with Crippen molar-refractivity contribution in [2.45, 2.75) is 52.2 Å². The lowest BCUT2D eigenvalue weighted by atomic mass is 10.2. The zero-order chi connectivity index (χ0) is 17.6. The molecule has 7 nitrogen and oxygen atoms in total. The van der Waals surface area contributed by atoms with Gasteiger partial charge in [0.05, 0.1) is 11.3 Å². The molecule has 8 heteroatoms. The number of aromatic nitrogens is 3. The Morgan fingerprint density at radius 3 is 2.67 bits per heavy atom. The van der Waals surface area contributed by atoms with Crippen molar-refractivity contribution in [2.75, 3.05) is 4.90 Å². The van der Waals surface area contributed by atoms with E-state index in [1.54, 1.807) is 17.9 Å². The Hall–Kier alpha value is -2.15. The number of fused-ring (bicyclic) bond motifs is 1. The molecule has 0 radical (unpaired) electrons. The van der Waals surface area contributed by atoms with Gasteiger partial charge in [-0.25, -0.2) is 9.78 Å². The maximum atomic E-state index is 12.7. The van der Waals surface area contributed by atoms with Crippen molar-refractivity contribution in [2.24, 2.45) is 0 Å². The fourth-order valence-electron chi connectivity index (χ4n) is 2.48. The predicted molar refractivity (Wildman–Crippen MR) is 89.9 cm³/mol. The van der Waals surface area contributed by atoms with Crippen LogP contribution in [0.5, 0.6) is 0 Å². The molecule has 0 bridgehead atoms. The fourth-order valence-corrected chi connectivity index (χ4v) is 2.66. The van der Waals surface area contributed by atoms with Gasteiger partial charge in [0.2, 0.25) is 0 Å².